The van der Waals surface area contributed by atoms with Crippen LogP contribution in [0.4, 0.5) is 5.82 Å². The standard InChI is InChI=1S/C26H19Cl2N3/c27-21-13-11-20(12-14-21)25-26(31-17-22(28)15-16-23(31)29-25)30-24(18-7-3-1-4-8-18)19-9-5-2-6-10-19/h1-17,24,30H. The topological polar surface area (TPSA) is 29.3 Å². The third-order valence-electron chi connectivity index (χ3n) is 5.25. The van der Waals surface area contributed by atoms with Crippen LogP contribution in [0.3, 0.4) is 0 Å². The van der Waals surface area contributed by atoms with Crippen molar-refractivity contribution in [1.82, 2.24) is 9.38 Å². The highest BCUT2D eigenvalue weighted by Crippen LogP contribution is 2.35. The van der Waals surface area contributed by atoms with E-state index in [0.29, 0.717) is 10.0 Å². The van der Waals surface area contributed by atoms with E-state index in [2.05, 4.69) is 53.8 Å². The average molecular weight is 444 g/mol. The van der Waals surface area contributed by atoms with Crippen molar-refractivity contribution >= 4 is 34.7 Å². The molecule has 31 heavy (non-hydrogen) atoms. The van der Waals surface area contributed by atoms with E-state index >= 15 is 0 Å². The number of imidazole rings is 1. The highest BCUT2D eigenvalue weighted by molar-refractivity contribution is 6.30. The average Bonchev–Trinajstić information content (AvgIpc) is 3.16. The van der Waals surface area contributed by atoms with Crippen LogP contribution in [0.2, 0.25) is 10.0 Å². The molecular weight excluding hydrogens is 425 g/mol. The molecule has 0 fully saturated rings. The largest absolute Gasteiger partial charge is 0.358 e. The number of pyridine rings is 1. The van der Waals surface area contributed by atoms with E-state index in [0.717, 1.165) is 33.8 Å². The van der Waals surface area contributed by atoms with E-state index in [1.807, 2.05) is 59.1 Å². The first-order valence-electron chi connectivity index (χ1n) is 9.99. The van der Waals surface area contributed by atoms with Crippen LogP contribution in [0.1, 0.15) is 17.2 Å². The summed E-state index contributed by atoms with van der Waals surface area (Å²) in [7, 11) is 0. The first-order valence-corrected chi connectivity index (χ1v) is 10.7. The SMILES string of the molecule is Clc1ccc(-c2nc3ccc(Cl)cn3c2NC(c2ccccc2)c2ccccc2)cc1. The molecule has 0 saturated carbocycles. The van der Waals surface area contributed by atoms with Crippen molar-refractivity contribution in [2.24, 2.45) is 0 Å². The van der Waals surface area contributed by atoms with Crippen molar-refractivity contribution in [2.75, 3.05) is 5.32 Å². The fraction of sp³-hybridized carbons (Fsp3) is 0.0385. The summed E-state index contributed by atoms with van der Waals surface area (Å²) >= 11 is 12.5. The minimum atomic E-state index is -0.0627. The Balaban J connectivity index is 1.69. The smallest absolute Gasteiger partial charge is 0.139 e. The summed E-state index contributed by atoms with van der Waals surface area (Å²) in [5.74, 6) is 0.873. The Labute approximate surface area is 190 Å². The van der Waals surface area contributed by atoms with Crippen molar-refractivity contribution in [3.8, 4) is 11.3 Å². The summed E-state index contributed by atoms with van der Waals surface area (Å²) in [6.07, 6.45) is 1.89. The monoisotopic (exact) mass is 443 g/mol. The molecule has 0 saturated heterocycles. The van der Waals surface area contributed by atoms with Gasteiger partial charge in [-0.1, -0.05) is 96.0 Å². The van der Waals surface area contributed by atoms with Gasteiger partial charge in [0.2, 0.25) is 0 Å². The van der Waals surface area contributed by atoms with Crippen molar-refractivity contribution in [2.45, 2.75) is 6.04 Å². The molecule has 0 aliphatic rings. The number of fused-ring (bicyclic) bond motifs is 1. The van der Waals surface area contributed by atoms with Crippen molar-refractivity contribution in [3.63, 3.8) is 0 Å². The zero-order valence-electron chi connectivity index (χ0n) is 16.5. The third-order valence-corrected chi connectivity index (χ3v) is 5.72. The number of hydrogen-bond donors (Lipinski definition) is 1. The lowest BCUT2D eigenvalue weighted by Crippen LogP contribution is -2.14. The van der Waals surface area contributed by atoms with Crippen LogP contribution in [0.25, 0.3) is 16.9 Å². The Morgan fingerprint density at radius 3 is 1.87 bits per heavy atom. The highest BCUT2D eigenvalue weighted by Gasteiger charge is 2.20. The Morgan fingerprint density at radius 1 is 0.677 bits per heavy atom. The molecule has 0 bridgehead atoms. The van der Waals surface area contributed by atoms with E-state index in [9.17, 15) is 0 Å². The lowest BCUT2D eigenvalue weighted by Gasteiger charge is -2.22. The summed E-state index contributed by atoms with van der Waals surface area (Å²) in [4.78, 5) is 4.89. The molecule has 0 aliphatic carbocycles. The molecule has 0 aliphatic heterocycles. The molecule has 0 unspecified atom stereocenters. The maximum atomic E-state index is 6.34. The second-order valence-electron chi connectivity index (χ2n) is 7.29. The van der Waals surface area contributed by atoms with Crippen LogP contribution < -0.4 is 5.32 Å². The molecule has 2 heterocycles. The first-order chi connectivity index (χ1) is 15.2. The Morgan fingerprint density at radius 2 is 1.26 bits per heavy atom. The van der Waals surface area contributed by atoms with Crippen molar-refractivity contribution in [1.29, 1.82) is 0 Å². The molecular formula is C26H19Cl2N3. The summed E-state index contributed by atoms with van der Waals surface area (Å²) < 4.78 is 2.01. The van der Waals surface area contributed by atoms with Gasteiger partial charge >= 0.3 is 0 Å². The maximum Gasteiger partial charge on any atom is 0.139 e. The highest BCUT2D eigenvalue weighted by atomic mass is 35.5. The van der Waals surface area contributed by atoms with Gasteiger partial charge in [-0.05, 0) is 35.4 Å². The fourth-order valence-electron chi connectivity index (χ4n) is 3.75. The zero-order chi connectivity index (χ0) is 21.2. The normalized spacial score (nSPS) is 11.2. The maximum absolute atomic E-state index is 6.34. The minimum Gasteiger partial charge on any atom is -0.358 e. The molecule has 152 valence electrons. The van der Waals surface area contributed by atoms with E-state index < -0.39 is 0 Å². The van der Waals surface area contributed by atoms with Gasteiger partial charge in [-0.2, -0.15) is 0 Å². The predicted octanol–water partition coefficient (Wildman–Crippen LogP) is 7.51. The quantitative estimate of drug-likeness (QED) is 0.304. The van der Waals surface area contributed by atoms with Crippen LogP contribution >= 0.6 is 23.2 Å². The molecule has 0 atom stereocenters. The number of nitrogens with zero attached hydrogens (tertiary/aromatic N) is 2. The van der Waals surface area contributed by atoms with Gasteiger partial charge in [0, 0.05) is 16.8 Å². The number of rotatable bonds is 5. The Bertz CT molecular complexity index is 1270. The van der Waals surface area contributed by atoms with Gasteiger partial charge in [-0.3, -0.25) is 4.40 Å². The second kappa shape index (κ2) is 8.46. The van der Waals surface area contributed by atoms with Gasteiger partial charge in [0.05, 0.1) is 11.1 Å². The third kappa shape index (κ3) is 4.02. The lowest BCUT2D eigenvalue weighted by atomic mass is 9.98. The van der Waals surface area contributed by atoms with Gasteiger partial charge in [0.15, 0.2) is 0 Å². The van der Waals surface area contributed by atoms with Gasteiger partial charge in [0.25, 0.3) is 0 Å². The van der Waals surface area contributed by atoms with Crippen molar-refractivity contribution in [3.05, 3.63) is 124 Å². The minimum absolute atomic E-state index is 0.0627. The number of anilines is 1. The molecule has 0 spiro atoms. The molecule has 5 heteroatoms. The summed E-state index contributed by atoms with van der Waals surface area (Å²) in [6, 6.07) is 32.2. The molecule has 3 nitrogen and oxygen atoms in total. The molecule has 0 amide bonds. The van der Waals surface area contributed by atoms with Crippen LogP contribution in [-0.2, 0) is 0 Å². The van der Waals surface area contributed by atoms with Gasteiger partial charge in [-0.15, -0.1) is 0 Å². The Hall–Kier alpha value is -3.27. The predicted molar refractivity (Wildman–Crippen MR) is 129 cm³/mol. The number of halogens is 2. The van der Waals surface area contributed by atoms with E-state index in [1.54, 1.807) is 0 Å². The van der Waals surface area contributed by atoms with E-state index in [1.165, 1.54) is 0 Å². The summed E-state index contributed by atoms with van der Waals surface area (Å²) in [6.45, 7) is 0. The first kappa shape index (κ1) is 19.7. The van der Waals surface area contributed by atoms with Crippen LogP contribution in [0.15, 0.2) is 103 Å². The van der Waals surface area contributed by atoms with Gasteiger partial charge in [-0.25, -0.2) is 4.98 Å². The molecule has 5 rings (SSSR count). The number of nitrogens with one attached hydrogen (secondary N) is 1. The molecule has 0 radical (unpaired) electrons. The molecule has 1 N–H and O–H groups in total. The lowest BCUT2D eigenvalue weighted by molar-refractivity contribution is 0.921. The van der Waals surface area contributed by atoms with Crippen LogP contribution in [0, 0.1) is 0 Å². The van der Waals surface area contributed by atoms with Crippen molar-refractivity contribution < 1.29 is 0 Å². The summed E-state index contributed by atoms with van der Waals surface area (Å²) in [5, 5.41) is 5.09. The number of aromatic nitrogens is 2. The second-order valence-corrected chi connectivity index (χ2v) is 8.16. The van der Waals surface area contributed by atoms with Crippen LogP contribution in [-0.4, -0.2) is 9.38 Å². The number of benzene rings is 3. The van der Waals surface area contributed by atoms with Gasteiger partial charge < -0.3 is 5.32 Å². The van der Waals surface area contributed by atoms with E-state index in [-0.39, 0.29) is 6.04 Å². The molecule has 3 aromatic carbocycles. The van der Waals surface area contributed by atoms with Crippen LogP contribution in [0.5, 0.6) is 0 Å². The molecule has 5 aromatic rings. The Kier molecular flexibility index (Phi) is 5.37. The zero-order valence-corrected chi connectivity index (χ0v) is 18.1. The number of hydrogen-bond acceptors (Lipinski definition) is 2. The summed E-state index contributed by atoms with van der Waals surface area (Å²) in [5.41, 5.74) is 4.96. The fourth-order valence-corrected chi connectivity index (χ4v) is 4.04. The van der Waals surface area contributed by atoms with E-state index in [4.69, 9.17) is 28.2 Å². The molecule has 2 aromatic heterocycles. The van der Waals surface area contributed by atoms with Gasteiger partial charge in [0.1, 0.15) is 17.2 Å².